The summed E-state index contributed by atoms with van der Waals surface area (Å²) in [6, 6.07) is 18.1. The molecule has 5 rings (SSSR count). The molecule has 0 amide bonds. The van der Waals surface area contributed by atoms with Crippen molar-refractivity contribution < 1.29 is 19.1 Å². The molecule has 0 saturated carbocycles. The van der Waals surface area contributed by atoms with Crippen LogP contribution >= 0.6 is 11.3 Å². The number of esters is 2. The Kier molecular flexibility index (Phi) is 7.40. The Morgan fingerprint density at radius 1 is 1.00 bits per heavy atom. The van der Waals surface area contributed by atoms with Crippen molar-refractivity contribution in [3.63, 3.8) is 0 Å². The fourth-order valence-electron chi connectivity index (χ4n) is 5.18. The van der Waals surface area contributed by atoms with Gasteiger partial charge in [0.05, 0.1) is 41.6 Å². The topological polar surface area (TPSA) is 91.9 Å². The number of hydrogen-bond acceptors (Lipinski definition) is 7. The van der Waals surface area contributed by atoms with Crippen molar-refractivity contribution in [3.05, 3.63) is 120 Å². The lowest BCUT2D eigenvalue weighted by Crippen LogP contribution is -2.40. The minimum atomic E-state index is -0.643. The minimum absolute atomic E-state index is 0.230. The summed E-state index contributed by atoms with van der Waals surface area (Å²) in [6.07, 6.45) is 2.38. The van der Waals surface area contributed by atoms with Gasteiger partial charge in [-0.05, 0) is 61.7 Å². The van der Waals surface area contributed by atoms with E-state index in [1.165, 1.54) is 25.6 Å². The zero-order chi connectivity index (χ0) is 28.6. The predicted molar refractivity (Wildman–Crippen MR) is 153 cm³/mol. The third-order valence-electron chi connectivity index (χ3n) is 7.05. The summed E-state index contributed by atoms with van der Waals surface area (Å²) in [6.45, 7) is 5.88. The van der Waals surface area contributed by atoms with E-state index < -0.39 is 18.0 Å². The van der Waals surface area contributed by atoms with Crippen molar-refractivity contribution in [3.8, 4) is 5.69 Å². The highest BCUT2D eigenvalue weighted by Crippen LogP contribution is 2.31. The van der Waals surface area contributed by atoms with E-state index in [4.69, 9.17) is 14.5 Å². The summed E-state index contributed by atoms with van der Waals surface area (Å²) >= 11 is 1.30. The average Bonchev–Trinajstić information content (AvgIpc) is 3.44. The Balaban J connectivity index is 1.68. The Hall–Kier alpha value is -4.50. The quantitative estimate of drug-likeness (QED) is 0.336. The smallest absolute Gasteiger partial charge is 0.338 e. The minimum Gasteiger partial charge on any atom is -0.466 e. The molecule has 0 aliphatic carbocycles. The van der Waals surface area contributed by atoms with Gasteiger partial charge in [-0.3, -0.25) is 9.36 Å². The van der Waals surface area contributed by atoms with Crippen molar-refractivity contribution in [2.75, 3.05) is 14.2 Å². The number of ether oxygens (including phenoxy) is 2. The molecule has 8 nitrogen and oxygen atoms in total. The number of carbonyl (C=O) groups is 2. The molecule has 1 atom stereocenters. The molecule has 1 aliphatic rings. The number of aromatic nitrogens is 2. The molecule has 40 heavy (non-hydrogen) atoms. The SMILES string of the molecule is CCC1=C(C(=O)OC)[C@@H](c2ccccc2)n2c(s/c(=C\c3cc(C)n(-c4cccc(C(=O)OC)c4)c3C)c2=O)=N1. The summed E-state index contributed by atoms with van der Waals surface area (Å²) in [5.41, 5.74) is 5.55. The van der Waals surface area contributed by atoms with Crippen LogP contribution < -0.4 is 14.9 Å². The Morgan fingerprint density at radius 2 is 1.73 bits per heavy atom. The Morgan fingerprint density at radius 3 is 2.40 bits per heavy atom. The molecule has 1 aliphatic heterocycles. The van der Waals surface area contributed by atoms with Crippen molar-refractivity contribution >= 4 is 29.4 Å². The molecule has 0 spiro atoms. The number of carbonyl (C=O) groups excluding carboxylic acids is 2. The lowest BCUT2D eigenvalue weighted by molar-refractivity contribution is -0.136. The molecule has 9 heteroatoms. The molecule has 2 aromatic carbocycles. The van der Waals surface area contributed by atoms with Crippen LogP contribution in [-0.2, 0) is 14.3 Å². The molecule has 204 valence electrons. The van der Waals surface area contributed by atoms with Gasteiger partial charge in [-0.2, -0.15) is 0 Å². The number of aryl methyl sites for hydroxylation is 1. The number of thiazole rings is 1. The van der Waals surface area contributed by atoms with Crippen LogP contribution in [0.2, 0.25) is 0 Å². The molecular formula is C31H29N3O5S. The normalized spacial score (nSPS) is 15.0. The van der Waals surface area contributed by atoms with Crippen molar-refractivity contribution in [1.29, 1.82) is 0 Å². The summed E-state index contributed by atoms with van der Waals surface area (Å²) in [5, 5.41) is 0. The lowest BCUT2D eigenvalue weighted by atomic mass is 9.95. The molecule has 0 N–H and O–H groups in total. The van der Waals surface area contributed by atoms with Gasteiger partial charge in [0, 0.05) is 17.1 Å². The van der Waals surface area contributed by atoms with Gasteiger partial charge in [0.15, 0.2) is 4.80 Å². The van der Waals surface area contributed by atoms with Crippen LogP contribution in [0.3, 0.4) is 0 Å². The third-order valence-corrected chi connectivity index (χ3v) is 8.03. The van der Waals surface area contributed by atoms with E-state index in [9.17, 15) is 14.4 Å². The summed E-state index contributed by atoms with van der Waals surface area (Å²) in [7, 11) is 2.70. The molecule has 2 aromatic heterocycles. The number of nitrogens with zero attached hydrogens (tertiary/aromatic N) is 3. The largest absolute Gasteiger partial charge is 0.466 e. The third kappa shape index (κ3) is 4.62. The van der Waals surface area contributed by atoms with Crippen LogP contribution in [0.1, 0.15) is 52.3 Å². The lowest BCUT2D eigenvalue weighted by Gasteiger charge is -2.25. The zero-order valence-corrected chi connectivity index (χ0v) is 23.7. The second kappa shape index (κ2) is 10.9. The highest BCUT2D eigenvalue weighted by atomic mass is 32.1. The number of hydrogen-bond donors (Lipinski definition) is 0. The fourth-order valence-corrected chi connectivity index (χ4v) is 6.19. The van der Waals surface area contributed by atoms with Gasteiger partial charge >= 0.3 is 11.9 Å². The molecule has 0 unspecified atom stereocenters. The maximum absolute atomic E-state index is 13.9. The predicted octanol–water partition coefficient (Wildman–Crippen LogP) is 3.99. The first-order valence-corrected chi connectivity index (χ1v) is 13.7. The van der Waals surface area contributed by atoms with Gasteiger partial charge in [-0.15, -0.1) is 0 Å². The summed E-state index contributed by atoms with van der Waals surface area (Å²) in [5.74, 6) is -0.905. The molecule has 0 saturated heterocycles. The van der Waals surface area contributed by atoms with Crippen LogP contribution in [0.5, 0.6) is 0 Å². The van der Waals surface area contributed by atoms with Gasteiger partial charge < -0.3 is 14.0 Å². The maximum atomic E-state index is 13.9. The standard InChI is InChI=1S/C31H29N3O5S/c1-6-24-26(30(37)39-5)27(20-11-8-7-9-12-20)34-28(35)25(40-31(34)32-24)17-22-15-18(2)33(19(22)3)23-14-10-13-21(16-23)29(36)38-4/h7-17,27H,6H2,1-5H3/b25-17-/t27-/m1/s1. The van der Waals surface area contributed by atoms with Crippen molar-refractivity contribution in [2.24, 2.45) is 4.99 Å². The van der Waals surface area contributed by atoms with Crippen LogP contribution in [0.25, 0.3) is 11.8 Å². The molecule has 0 fully saturated rings. The average molecular weight is 556 g/mol. The van der Waals surface area contributed by atoms with Gasteiger partial charge in [0.1, 0.15) is 0 Å². The number of rotatable bonds is 6. The number of allylic oxidation sites excluding steroid dienone is 1. The van der Waals surface area contributed by atoms with Gasteiger partial charge in [-0.25, -0.2) is 14.6 Å². The Labute approximate surface area is 235 Å². The second-order valence-electron chi connectivity index (χ2n) is 9.40. The van der Waals surface area contributed by atoms with E-state index in [1.54, 1.807) is 16.7 Å². The van der Waals surface area contributed by atoms with Crippen LogP contribution in [-0.4, -0.2) is 35.3 Å². The van der Waals surface area contributed by atoms with Gasteiger partial charge in [0.2, 0.25) is 0 Å². The fraction of sp³-hybridized carbons (Fsp3) is 0.226. The second-order valence-corrected chi connectivity index (χ2v) is 10.4. The van der Waals surface area contributed by atoms with Crippen LogP contribution in [0.15, 0.2) is 81.7 Å². The van der Waals surface area contributed by atoms with E-state index in [2.05, 4.69) is 0 Å². The first-order valence-electron chi connectivity index (χ1n) is 12.8. The van der Waals surface area contributed by atoms with Gasteiger partial charge in [0.25, 0.3) is 5.56 Å². The molecular weight excluding hydrogens is 526 g/mol. The van der Waals surface area contributed by atoms with Gasteiger partial charge in [-0.1, -0.05) is 54.7 Å². The molecule has 0 bridgehead atoms. The van der Waals surface area contributed by atoms with E-state index in [0.717, 1.165) is 28.2 Å². The first-order chi connectivity index (χ1) is 19.3. The monoisotopic (exact) mass is 555 g/mol. The Bertz CT molecular complexity index is 1840. The zero-order valence-electron chi connectivity index (χ0n) is 22.9. The summed E-state index contributed by atoms with van der Waals surface area (Å²) < 4.78 is 14.1. The van der Waals surface area contributed by atoms with Crippen molar-refractivity contribution in [1.82, 2.24) is 9.13 Å². The number of fused-ring (bicyclic) bond motifs is 1. The highest BCUT2D eigenvalue weighted by Gasteiger charge is 2.33. The summed E-state index contributed by atoms with van der Waals surface area (Å²) in [4.78, 5) is 44.2. The van der Waals surface area contributed by atoms with Crippen molar-refractivity contribution in [2.45, 2.75) is 33.2 Å². The van der Waals surface area contributed by atoms with E-state index in [1.807, 2.05) is 79.9 Å². The number of methoxy groups -OCH3 is 2. The molecule has 0 radical (unpaired) electrons. The first kappa shape index (κ1) is 27.1. The van der Waals surface area contributed by atoms with Crippen LogP contribution in [0.4, 0.5) is 0 Å². The molecule has 3 heterocycles. The molecule has 4 aromatic rings. The van der Waals surface area contributed by atoms with E-state index >= 15 is 0 Å². The number of benzene rings is 2. The highest BCUT2D eigenvalue weighted by molar-refractivity contribution is 7.07. The maximum Gasteiger partial charge on any atom is 0.338 e. The van der Waals surface area contributed by atoms with E-state index in [-0.39, 0.29) is 5.56 Å². The van der Waals surface area contributed by atoms with E-state index in [0.29, 0.717) is 32.6 Å². The van der Waals surface area contributed by atoms with Crippen LogP contribution in [0, 0.1) is 13.8 Å².